The first-order chi connectivity index (χ1) is 14.6. The number of rotatable bonds is 10. The van der Waals surface area contributed by atoms with E-state index in [1.807, 2.05) is 0 Å². The highest BCUT2D eigenvalue weighted by Crippen LogP contribution is 2.29. The molecule has 0 aliphatic heterocycles. The molecule has 0 radical (unpaired) electrons. The maximum atomic E-state index is 12.7. The molecule has 0 saturated heterocycles. The number of anilines is 1. The van der Waals surface area contributed by atoms with Crippen molar-refractivity contribution in [2.75, 3.05) is 25.5 Å². The predicted molar refractivity (Wildman–Crippen MR) is 110 cm³/mol. The molecule has 13 heteroatoms. The maximum Gasteiger partial charge on any atom is 0.511 e. The quantitative estimate of drug-likeness (QED) is 0.263. The SMILES string of the molecule is CNCCOC(=O)OC(C)OC(=O)c1cc(S(N)(=O)=O)c(Cl)cc1NCc1ccco1. The number of primary sulfonamides is 1. The van der Waals surface area contributed by atoms with Crippen molar-refractivity contribution in [2.24, 2.45) is 5.14 Å². The van der Waals surface area contributed by atoms with Crippen molar-refractivity contribution >= 4 is 39.4 Å². The molecule has 31 heavy (non-hydrogen) atoms. The Morgan fingerprint density at radius 1 is 1.29 bits per heavy atom. The summed E-state index contributed by atoms with van der Waals surface area (Å²) in [6, 6.07) is 5.57. The van der Waals surface area contributed by atoms with E-state index in [1.54, 1.807) is 19.2 Å². The lowest BCUT2D eigenvalue weighted by molar-refractivity contribution is -0.0815. The lowest BCUT2D eigenvalue weighted by atomic mass is 10.1. The van der Waals surface area contributed by atoms with Gasteiger partial charge < -0.3 is 29.3 Å². The van der Waals surface area contributed by atoms with Crippen molar-refractivity contribution in [3.8, 4) is 0 Å². The van der Waals surface area contributed by atoms with Gasteiger partial charge in [0, 0.05) is 13.5 Å². The Kier molecular flexibility index (Phi) is 8.68. The molecule has 11 nitrogen and oxygen atoms in total. The van der Waals surface area contributed by atoms with Crippen molar-refractivity contribution in [3.05, 3.63) is 46.9 Å². The number of ether oxygens (including phenoxy) is 3. The Bertz CT molecular complexity index is 1010. The second-order valence-electron chi connectivity index (χ2n) is 6.10. The fraction of sp³-hybridized carbons (Fsp3) is 0.333. The van der Waals surface area contributed by atoms with E-state index in [1.165, 1.54) is 19.3 Å². The summed E-state index contributed by atoms with van der Waals surface area (Å²) in [5, 5.41) is 10.7. The Labute approximate surface area is 183 Å². The van der Waals surface area contributed by atoms with Gasteiger partial charge in [-0.3, -0.25) is 0 Å². The van der Waals surface area contributed by atoms with Gasteiger partial charge >= 0.3 is 12.1 Å². The van der Waals surface area contributed by atoms with E-state index in [2.05, 4.69) is 10.6 Å². The van der Waals surface area contributed by atoms with Crippen LogP contribution in [0.5, 0.6) is 0 Å². The van der Waals surface area contributed by atoms with E-state index in [0.717, 1.165) is 6.07 Å². The fourth-order valence-corrected chi connectivity index (χ4v) is 3.43. The molecule has 0 saturated carbocycles. The molecule has 1 aromatic heterocycles. The molecule has 4 N–H and O–H groups in total. The number of hydrogen-bond acceptors (Lipinski definition) is 10. The molecular weight excluding hydrogens is 454 g/mol. The Hall–Kier alpha value is -2.80. The number of hydrogen-bond donors (Lipinski definition) is 3. The minimum atomic E-state index is -4.22. The van der Waals surface area contributed by atoms with E-state index in [0.29, 0.717) is 12.3 Å². The van der Waals surface area contributed by atoms with Gasteiger partial charge in [-0.25, -0.2) is 23.1 Å². The molecule has 0 spiro atoms. The predicted octanol–water partition coefficient (Wildman–Crippen LogP) is 2.07. The Morgan fingerprint density at radius 2 is 2.03 bits per heavy atom. The highest BCUT2D eigenvalue weighted by atomic mass is 35.5. The maximum absolute atomic E-state index is 12.7. The second-order valence-corrected chi connectivity index (χ2v) is 8.04. The summed E-state index contributed by atoms with van der Waals surface area (Å²) >= 11 is 6.02. The molecule has 0 aliphatic rings. The van der Waals surface area contributed by atoms with Crippen LogP contribution in [0.1, 0.15) is 23.0 Å². The van der Waals surface area contributed by atoms with Gasteiger partial charge in [0.15, 0.2) is 0 Å². The summed E-state index contributed by atoms with van der Waals surface area (Å²) in [5.41, 5.74) is -0.0402. The van der Waals surface area contributed by atoms with Gasteiger partial charge in [-0.15, -0.1) is 0 Å². The largest absolute Gasteiger partial charge is 0.511 e. The molecule has 1 aromatic carbocycles. The zero-order valence-electron chi connectivity index (χ0n) is 16.7. The van der Waals surface area contributed by atoms with Gasteiger partial charge in [0.2, 0.25) is 16.3 Å². The minimum Gasteiger partial charge on any atom is -0.467 e. The topological polar surface area (TPSA) is 159 Å². The van der Waals surface area contributed by atoms with Crippen LogP contribution in [-0.2, 0) is 30.8 Å². The van der Waals surface area contributed by atoms with E-state index in [4.69, 9.17) is 35.4 Å². The zero-order chi connectivity index (χ0) is 23.0. The zero-order valence-corrected chi connectivity index (χ0v) is 18.3. The number of likely N-dealkylation sites (N-methyl/N-ethyl adjacent to an activating group) is 1. The van der Waals surface area contributed by atoms with Crippen LogP contribution in [0.15, 0.2) is 39.8 Å². The van der Waals surface area contributed by atoms with E-state index in [-0.39, 0.29) is 29.4 Å². The average Bonchev–Trinajstić information content (AvgIpc) is 3.18. The lowest BCUT2D eigenvalue weighted by Crippen LogP contribution is -2.25. The van der Waals surface area contributed by atoms with Crippen LogP contribution in [0.3, 0.4) is 0 Å². The highest BCUT2D eigenvalue weighted by Gasteiger charge is 2.24. The number of carbonyl (C=O) groups is 2. The van der Waals surface area contributed by atoms with Crippen LogP contribution in [-0.4, -0.2) is 47.0 Å². The third kappa shape index (κ3) is 7.43. The Balaban J connectivity index is 2.20. The molecule has 0 fully saturated rings. The average molecular weight is 476 g/mol. The number of sulfonamides is 1. The summed E-state index contributed by atoms with van der Waals surface area (Å²) in [4.78, 5) is 23.8. The van der Waals surface area contributed by atoms with Crippen LogP contribution in [0.25, 0.3) is 0 Å². The molecule has 1 unspecified atom stereocenters. The van der Waals surface area contributed by atoms with Gasteiger partial charge in [-0.05, 0) is 31.3 Å². The number of nitrogens with one attached hydrogen (secondary N) is 2. The summed E-state index contributed by atoms with van der Waals surface area (Å²) in [6.45, 7) is 1.94. The van der Waals surface area contributed by atoms with Gasteiger partial charge in [0.05, 0.1) is 29.1 Å². The van der Waals surface area contributed by atoms with Crippen LogP contribution < -0.4 is 15.8 Å². The molecule has 0 amide bonds. The monoisotopic (exact) mass is 475 g/mol. The molecule has 1 atom stereocenters. The molecule has 2 rings (SSSR count). The molecule has 2 aromatic rings. The van der Waals surface area contributed by atoms with Gasteiger partial charge in [-0.1, -0.05) is 11.6 Å². The first kappa shape index (κ1) is 24.5. The summed E-state index contributed by atoms with van der Waals surface area (Å²) < 4.78 is 43.5. The Morgan fingerprint density at radius 3 is 2.65 bits per heavy atom. The van der Waals surface area contributed by atoms with Crippen molar-refractivity contribution in [1.29, 1.82) is 0 Å². The van der Waals surface area contributed by atoms with Crippen LogP contribution in [0, 0.1) is 0 Å². The first-order valence-electron chi connectivity index (χ1n) is 8.93. The van der Waals surface area contributed by atoms with Crippen LogP contribution in [0.2, 0.25) is 5.02 Å². The normalized spacial score (nSPS) is 12.1. The molecule has 170 valence electrons. The summed E-state index contributed by atoms with van der Waals surface area (Å²) in [6.07, 6.45) is -0.882. The van der Waals surface area contributed by atoms with Crippen LogP contribution in [0.4, 0.5) is 10.5 Å². The van der Waals surface area contributed by atoms with E-state index in [9.17, 15) is 18.0 Å². The second kappa shape index (κ2) is 11.0. The molecular formula is C18H22ClN3O8S. The van der Waals surface area contributed by atoms with Gasteiger partial charge in [-0.2, -0.15) is 0 Å². The standard InChI is InChI=1S/C18H22ClN3O8S/c1-11(30-18(24)28-7-5-21-2)29-17(23)13-8-16(31(20,25)26)14(19)9-15(13)22-10-12-4-3-6-27-12/h3-4,6,8-9,11,21-22H,5,7,10H2,1-2H3,(H2,20,25,26). The highest BCUT2D eigenvalue weighted by molar-refractivity contribution is 7.89. The summed E-state index contributed by atoms with van der Waals surface area (Å²) in [7, 11) is -2.54. The van der Waals surface area contributed by atoms with E-state index < -0.39 is 33.3 Å². The van der Waals surface area contributed by atoms with Gasteiger partial charge in [0.1, 0.15) is 17.3 Å². The minimum absolute atomic E-state index is 0.0613. The number of carbonyl (C=O) groups excluding carboxylic acids is 2. The van der Waals surface area contributed by atoms with E-state index >= 15 is 0 Å². The molecule has 1 heterocycles. The summed E-state index contributed by atoms with van der Waals surface area (Å²) in [5.74, 6) is -0.439. The number of nitrogens with two attached hydrogens (primary N) is 1. The smallest absolute Gasteiger partial charge is 0.467 e. The van der Waals surface area contributed by atoms with Gasteiger partial charge in [0.25, 0.3) is 0 Å². The van der Waals surface area contributed by atoms with Crippen molar-refractivity contribution in [2.45, 2.75) is 24.7 Å². The fourth-order valence-electron chi connectivity index (χ4n) is 2.33. The molecule has 0 aliphatic carbocycles. The first-order valence-corrected chi connectivity index (χ1v) is 10.9. The lowest BCUT2D eigenvalue weighted by Gasteiger charge is -2.17. The third-order valence-corrected chi connectivity index (χ3v) is 5.11. The number of halogens is 1. The van der Waals surface area contributed by atoms with Crippen LogP contribution >= 0.6 is 11.6 Å². The van der Waals surface area contributed by atoms with Crippen molar-refractivity contribution < 1.29 is 36.6 Å². The number of benzene rings is 1. The number of furan rings is 1. The van der Waals surface area contributed by atoms with Crippen molar-refractivity contribution in [3.63, 3.8) is 0 Å². The molecule has 0 bridgehead atoms. The van der Waals surface area contributed by atoms with Crippen molar-refractivity contribution in [1.82, 2.24) is 5.32 Å². The number of esters is 1. The third-order valence-electron chi connectivity index (χ3n) is 3.74.